The molecule has 0 aliphatic heterocycles. The molecule has 86 valence electrons. The maximum absolute atomic E-state index is 11.7. The summed E-state index contributed by atoms with van der Waals surface area (Å²) in [6.45, 7) is 8.37. The number of hydrogen-bond acceptors (Lipinski definition) is 1. The van der Waals surface area contributed by atoms with Crippen molar-refractivity contribution in [3.8, 4) is 0 Å². The third-order valence-corrected chi connectivity index (χ3v) is 2.56. The number of benzene rings is 1. The van der Waals surface area contributed by atoms with Gasteiger partial charge < -0.3 is 5.32 Å². The van der Waals surface area contributed by atoms with Gasteiger partial charge in [0.15, 0.2) is 0 Å². The van der Waals surface area contributed by atoms with Crippen LogP contribution in [0, 0.1) is 0 Å². The smallest absolute Gasteiger partial charge is 0.251 e. The van der Waals surface area contributed by atoms with E-state index < -0.39 is 0 Å². The number of hydrogen-bond donors (Lipinski definition) is 1. The van der Waals surface area contributed by atoms with Crippen LogP contribution in [-0.4, -0.2) is 12.5 Å². The topological polar surface area (TPSA) is 29.1 Å². The molecular weight excluding hydrogens is 266 g/mol. The fourth-order valence-corrected chi connectivity index (χ4v) is 1.44. The first-order valence-electron chi connectivity index (χ1n) is 5.22. The molecule has 0 fully saturated rings. The van der Waals surface area contributed by atoms with Crippen LogP contribution in [0.1, 0.15) is 35.7 Å². The molecule has 2 nitrogen and oxygen atoms in total. The zero-order valence-corrected chi connectivity index (χ0v) is 11.2. The predicted octanol–water partition coefficient (Wildman–Crippen LogP) is 3.45. The van der Waals surface area contributed by atoms with Gasteiger partial charge in [0, 0.05) is 16.6 Å². The van der Waals surface area contributed by atoms with Crippen molar-refractivity contribution in [2.24, 2.45) is 0 Å². The minimum Gasteiger partial charge on any atom is -0.347 e. The molecule has 1 aromatic rings. The number of carbonyl (C=O) groups excluding carboxylic acids is 1. The highest BCUT2D eigenvalue weighted by molar-refractivity contribution is 9.11. The molecule has 0 aliphatic rings. The summed E-state index contributed by atoms with van der Waals surface area (Å²) < 4.78 is 0.764. The molecule has 16 heavy (non-hydrogen) atoms. The van der Waals surface area contributed by atoms with E-state index in [2.05, 4.69) is 41.7 Å². The Kier molecular flexibility index (Phi) is 4.74. The van der Waals surface area contributed by atoms with Gasteiger partial charge in [-0.25, -0.2) is 0 Å². The monoisotopic (exact) mass is 281 g/mol. The van der Waals surface area contributed by atoms with Crippen LogP contribution in [0.15, 0.2) is 35.3 Å². The molecule has 0 radical (unpaired) electrons. The molecule has 3 heteroatoms. The van der Waals surface area contributed by atoms with E-state index >= 15 is 0 Å². The molecule has 0 saturated carbocycles. The summed E-state index contributed by atoms with van der Waals surface area (Å²) in [6, 6.07) is 7.67. The Morgan fingerprint density at radius 3 is 2.38 bits per heavy atom. The molecule has 0 heterocycles. The summed E-state index contributed by atoms with van der Waals surface area (Å²) in [5.41, 5.74) is 1.92. The van der Waals surface area contributed by atoms with Gasteiger partial charge in [0.1, 0.15) is 0 Å². The lowest BCUT2D eigenvalue weighted by Crippen LogP contribution is -2.24. The summed E-state index contributed by atoms with van der Waals surface area (Å²) in [6.07, 6.45) is 0. The Hall–Kier alpha value is -1.09. The maximum Gasteiger partial charge on any atom is 0.251 e. The van der Waals surface area contributed by atoms with Crippen molar-refractivity contribution in [2.75, 3.05) is 6.54 Å². The first-order chi connectivity index (χ1) is 7.50. The predicted molar refractivity (Wildman–Crippen MR) is 70.9 cm³/mol. The van der Waals surface area contributed by atoms with Crippen LogP contribution in [0.4, 0.5) is 0 Å². The van der Waals surface area contributed by atoms with Gasteiger partial charge in [-0.2, -0.15) is 0 Å². The zero-order valence-electron chi connectivity index (χ0n) is 9.59. The van der Waals surface area contributed by atoms with E-state index in [-0.39, 0.29) is 5.91 Å². The van der Waals surface area contributed by atoms with Crippen molar-refractivity contribution in [1.29, 1.82) is 0 Å². The van der Waals surface area contributed by atoms with Crippen LogP contribution in [0.3, 0.4) is 0 Å². The molecule has 1 rings (SSSR count). The highest BCUT2D eigenvalue weighted by Gasteiger charge is 2.05. The molecule has 0 atom stereocenters. The number of rotatable bonds is 4. The van der Waals surface area contributed by atoms with Gasteiger partial charge in [-0.15, -0.1) is 0 Å². The summed E-state index contributed by atoms with van der Waals surface area (Å²) >= 11 is 3.20. The second kappa shape index (κ2) is 5.85. The maximum atomic E-state index is 11.7. The van der Waals surface area contributed by atoms with Crippen molar-refractivity contribution < 1.29 is 4.79 Å². The highest BCUT2D eigenvalue weighted by atomic mass is 79.9. The second-order valence-electron chi connectivity index (χ2n) is 3.98. The Bertz CT molecular complexity index is 381. The van der Waals surface area contributed by atoms with Gasteiger partial charge in [0.05, 0.1) is 0 Å². The van der Waals surface area contributed by atoms with Crippen LogP contribution >= 0.6 is 15.9 Å². The lowest BCUT2D eigenvalue weighted by atomic mass is 10.0. The van der Waals surface area contributed by atoms with E-state index in [9.17, 15) is 4.79 Å². The van der Waals surface area contributed by atoms with Crippen LogP contribution in [-0.2, 0) is 0 Å². The van der Waals surface area contributed by atoms with Gasteiger partial charge in [-0.1, -0.05) is 48.5 Å². The molecule has 0 bridgehead atoms. The molecule has 1 aromatic carbocycles. The highest BCUT2D eigenvalue weighted by Crippen LogP contribution is 2.14. The van der Waals surface area contributed by atoms with Gasteiger partial charge in [0.25, 0.3) is 5.91 Å². The minimum atomic E-state index is -0.0732. The normalized spacial score (nSPS) is 10.2. The van der Waals surface area contributed by atoms with E-state index in [1.165, 1.54) is 5.56 Å². The molecule has 1 amide bonds. The van der Waals surface area contributed by atoms with Crippen molar-refractivity contribution in [3.05, 3.63) is 46.5 Å². The van der Waals surface area contributed by atoms with Gasteiger partial charge in [0.2, 0.25) is 0 Å². The molecule has 0 aliphatic carbocycles. The molecule has 0 unspecified atom stereocenters. The SMILES string of the molecule is C=C(Br)CNC(=O)c1ccc(C(C)C)cc1. The quantitative estimate of drug-likeness (QED) is 0.900. The summed E-state index contributed by atoms with van der Waals surface area (Å²) in [7, 11) is 0. The van der Waals surface area contributed by atoms with Crippen molar-refractivity contribution >= 4 is 21.8 Å². The van der Waals surface area contributed by atoms with Crippen molar-refractivity contribution in [3.63, 3.8) is 0 Å². The largest absolute Gasteiger partial charge is 0.347 e. The molecule has 0 saturated heterocycles. The molecular formula is C13H16BrNO. The lowest BCUT2D eigenvalue weighted by molar-refractivity contribution is 0.0958. The second-order valence-corrected chi connectivity index (χ2v) is 5.10. The number of halogens is 1. The van der Waals surface area contributed by atoms with E-state index in [0.717, 1.165) is 4.48 Å². The molecule has 1 N–H and O–H groups in total. The van der Waals surface area contributed by atoms with Gasteiger partial charge >= 0.3 is 0 Å². The molecule has 0 spiro atoms. The number of carbonyl (C=O) groups is 1. The molecule has 0 aromatic heterocycles. The standard InChI is InChI=1S/C13H16BrNO/c1-9(2)11-4-6-12(7-5-11)13(16)15-8-10(3)14/h4-7,9H,3,8H2,1-2H3,(H,15,16). The van der Waals surface area contributed by atoms with Crippen LogP contribution < -0.4 is 5.32 Å². The minimum absolute atomic E-state index is 0.0732. The first-order valence-corrected chi connectivity index (χ1v) is 6.01. The van der Waals surface area contributed by atoms with E-state index in [1.54, 1.807) is 0 Å². The first kappa shape index (κ1) is 13.0. The lowest BCUT2D eigenvalue weighted by Gasteiger charge is -2.07. The average molecular weight is 282 g/mol. The number of amides is 1. The van der Waals surface area contributed by atoms with Crippen LogP contribution in [0.5, 0.6) is 0 Å². The third-order valence-electron chi connectivity index (χ3n) is 2.28. The van der Waals surface area contributed by atoms with Gasteiger partial charge in [-0.3, -0.25) is 4.79 Å². The van der Waals surface area contributed by atoms with Crippen molar-refractivity contribution in [1.82, 2.24) is 5.32 Å². The Morgan fingerprint density at radius 2 is 1.94 bits per heavy atom. The number of nitrogens with one attached hydrogen (secondary N) is 1. The van der Waals surface area contributed by atoms with E-state index in [1.807, 2.05) is 24.3 Å². The Balaban J connectivity index is 2.66. The van der Waals surface area contributed by atoms with Crippen molar-refractivity contribution in [2.45, 2.75) is 19.8 Å². The van der Waals surface area contributed by atoms with E-state index in [0.29, 0.717) is 18.0 Å². The summed E-state index contributed by atoms with van der Waals surface area (Å²) in [4.78, 5) is 11.7. The average Bonchev–Trinajstić information content (AvgIpc) is 2.26. The zero-order chi connectivity index (χ0) is 12.1. The van der Waals surface area contributed by atoms with Crippen LogP contribution in [0.2, 0.25) is 0 Å². The summed E-state index contributed by atoms with van der Waals surface area (Å²) in [5, 5.41) is 2.76. The van der Waals surface area contributed by atoms with Gasteiger partial charge in [-0.05, 0) is 23.6 Å². The fraction of sp³-hybridized carbons (Fsp3) is 0.308. The Morgan fingerprint density at radius 1 is 1.38 bits per heavy atom. The fourth-order valence-electron chi connectivity index (χ4n) is 1.30. The Labute approximate surface area is 105 Å². The summed E-state index contributed by atoms with van der Waals surface area (Å²) in [5.74, 6) is 0.412. The third kappa shape index (κ3) is 3.81. The van der Waals surface area contributed by atoms with E-state index in [4.69, 9.17) is 0 Å². The van der Waals surface area contributed by atoms with Crippen LogP contribution in [0.25, 0.3) is 0 Å².